The first-order valence-electron chi connectivity index (χ1n) is 8.51. The lowest BCUT2D eigenvalue weighted by Gasteiger charge is -2.20. The molecule has 0 radical (unpaired) electrons. The number of nitrogens with zero attached hydrogens (tertiary/aromatic N) is 2. The minimum atomic E-state index is -4.44. The molecule has 2 aromatic rings. The Morgan fingerprint density at radius 2 is 1.72 bits per heavy atom. The second-order valence-electron chi connectivity index (χ2n) is 6.37. The number of hydrogen-bond acceptors (Lipinski definition) is 4. The summed E-state index contributed by atoms with van der Waals surface area (Å²) in [6.07, 6.45) is -4.49. The van der Waals surface area contributed by atoms with Crippen LogP contribution in [0.3, 0.4) is 0 Å². The van der Waals surface area contributed by atoms with Crippen molar-refractivity contribution in [2.75, 3.05) is 5.01 Å². The van der Waals surface area contributed by atoms with Gasteiger partial charge in [-0.15, -0.1) is 0 Å². The van der Waals surface area contributed by atoms with E-state index in [2.05, 4.69) is 10.4 Å². The topological polar surface area (TPSA) is 87.8 Å². The van der Waals surface area contributed by atoms with Gasteiger partial charge in [-0.3, -0.25) is 14.6 Å². The fourth-order valence-electron chi connectivity index (χ4n) is 2.80. The summed E-state index contributed by atoms with van der Waals surface area (Å²) in [4.78, 5) is 24.1. The van der Waals surface area contributed by atoms with Crippen molar-refractivity contribution in [2.24, 2.45) is 10.8 Å². The number of halogens is 4. The number of rotatable bonds is 5. The quantitative estimate of drug-likeness (QED) is 0.746. The third kappa shape index (κ3) is 4.71. The fraction of sp³-hybridized carbons (Fsp3) is 0.211. The minimum absolute atomic E-state index is 0.0201. The molecule has 0 fully saturated rings. The SMILES string of the molecule is NC(=O)C1CC(C(=O)NCc2ccc(C(F)(F)F)cc2)=NN1c1ccc(F)cc1. The van der Waals surface area contributed by atoms with Crippen molar-refractivity contribution in [3.05, 3.63) is 65.5 Å². The Balaban J connectivity index is 1.69. The molecule has 0 spiro atoms. The Labute approximate surface area is 163 Å². The molecule has 0 saturated heterocycles. The van der Waals surface area contributed by atoms with Crippen molar-refractivity contribution >= 4 is 23.2 Å². The summed E-state index contributed by atoms with van der Waals surface area (Å²) in [5, 5.41) is 7.91. The number of amides is 2. The predicted molar refractivity (Wildman–Crippen MR) is 97.2 cm³/mol. The van der Waals surface area contributed by atoms with Crippen molar-refractivity contribution in [1.29, 1.82) is 0 Å². The third-order valence-electron chi connectivity index (χ3n) is 4.33. The Morgan fingerprint density at radius 1 is 1.10 bits per heavy atom. The predicted octanol–water partition coefficient (Wildman–Crippen LogP) is 2.58. The highest BCUT2D eigenvalue weighted by molar-refractivity contribution is 6.40. The third-order valence-corrected chi connectivity index (χ3v) is 4.33. The maximum Gasteiger partial charge on any atom is 0.416 e. The molecule has 0 bridgehead atoms. The molecule has 1 aliphatic heterocycles. The summed E-state index contributed by atoms with van der Waals surface area (Å²) in [7, 11) is 0. The lowest BCUT2D eigenvalue weighted by molar-refractivity contribution is -0.137. The molecule has 1 aliphatic rings. The fourth-order valence-corrected chi connectivity index (χ4v) is 2.80. The van der Waals surface area contributed by atoms with Crippen LogP contribution in [0.25, 0.3) is 0 Å². The number of carbonyl (C=O) groups excluding carboxylic acids is 2. The van der Waals surface area contributed by atoms with Crippen LogP contribution in [-0.4, -0.2) is 23.6 Å². The van der Waals surface area contributed by atoms with Gasteiger partial charge in [0, 0.05) is 13.0 Å². The minimum Gasteiger partial charge on any atom is -0.368 e. The summed E-state index contributed by atoms with van der Waals surface area (Å²) >= 11 is 0. The lowest BCUT2D eigenvalue weighted by atomic mass is 10.1. The first kappa shape index (κ1) is 20.3. The van der Waals surface area contributed by atoms with Gasteiger partial charge < -0.3 is 11.1 Å². The van der Waals surface area contributed by atoms with Crippen LogP contribution in [0.2, 0.25) is 0 Å². The van der Waals surface area contributed by atoms with Crippen molar-refractivity contribution < 1.29 is 27.2 Å². The van der Waals surface area contributed by atoms with Gasteiger partial charge in [-0.05, 0) is 42.0 Å². The Bertz CT molecular complexity index is 940. The van der Waals surface area contributed by atoms with E-state index in [1.807, 2.05) is 0 Å². The van der Waals surface area contributed by atoms with E-state index < -0.39 is 35.4 Å². The number of hydrazone groups is 1. The summed E-state index contributed by atoms with van der Waals surface area (Å²) in [6, 6.07) is 8.63. The number of primary amides is 1. The molecule has 3 rings (SSSR count). The molecule has 0 aromatic heterocycles. The molecule has 0 saturated carbocycles. The first-order valence-corrected chi connectivity index (χ1v) is 8.51. The molecule has 3 N–H and O–H groups in total. The van der Waals surface area contributed by atoms with Crippen molar-refractivity contribution in [1.82, 2.24) is 5.32 Å². The Hall–Kier alpha value is -3.43. The van der Waals surface area contributed by atoms with Gasteiger partial charge >= 0.3 is 6.18 Å². The van der Waals surface area contributed by atoms with Crippen molar-refractivity contribution in [2.45, 2.75) is 25.2 Å². The highest BCUT2D eigenvalue weighted by Gasteiger charge is 2.35. The van der Waals surface area contributed by atoms with Crippen molar-refractivity contribution in [3.63, 3.8) is 0 Å². The van der Waals surface area contributed by atoms with Crippen LogP contribution >= 0.6 is 0 Å². The Morgan fingerprint density at radius 3 is 2.28 bits per heavy atom. The number of hydrogen-bond donors (Lipinski definition) is 2. The maximum atomic E-state index is 13.1. The second-order valence-corrected chi connectivity index (χ2v) is 6.37. The lowest BCUT2D eigenvalue weighted by Crippen LogP contribution is -2.39. The zero-order chi connectivity index (χ0) is 21.2. The molecular weight excluding hydrogens is 392 g/mol. The van der Waals surface area contributed by atoms with Gasteiger partial charge in [0.2, 0.25) is 5.91 Å². The van der Waals surface area contributed by atoms with Gasteiger partial charge in [-0.1, -0.05) is 12.1 Å². The molecule has 1 heterocycles. The van der Waals surface area contributed by atoms with Gasteiger partial charge in [0.1, 0.15) is 17.6 Å². The molecule has 1 atom stereocenters. The number of nitrogens with one attached hydrogen (secondary N) is 1. The zero-order valence-corrected chi connectivity index (χ0v) is 14.9. The second kappa shape index (κ2) is 7.90. The first-order chi connectivity index (χ1) is 13.6. The molecule has 29 heavy (non-hydrogen) atoms. The van der Waals surface area contributed by atoms with E-state index in [4.69, 9.17) is 5.73 Å². The van der Waals surface area contributed by atoms with E-state index in [0.29, 0.717) is 11.3 Å². The standard InChI is InChI=1S/C19H16F4N4O2/c20-13-5-7-14(8-6-13)27-16(17(24)28)9-15(26-27)18(29)25-10-11-1-3-12(4-2-11)19(21,22)23/h1-8,16H,9-10H2,(H2,24,28)(H,25,29). The molecule has 152 valence electrons. The van der Waals surface area contributed by atoms with E-state index >= 15 is 0 Å². The summed E-state index contributed by atoms with van der Waals surface area (Å²) in [5.74, 6) is -1.76. The molecular formula is C19H16F4N4O2. The van der Waals surface area contributed by atoms with E-state index in [0.717, 1.165) is 12.1 Å². The average molecular weight is 408 g/mol. The van der Waals surface area contributed by atoms with Crippen LogP contribution < -0.4 is 16.1 Å². The highest BCUT2D eigenvalue weighted by atomic mass is 19.4. The molecule has 6 nitrogen and oxygen atoms in total. The van der Waals surface area contributed by atoms with Crippen molar-refractivity contribution in [3.8, 4) is 0 Å². The smallest absolute Gasteiger partial charge is 0.368 e. The van der Waals surface area contributed by atoms with Crippen LogP contribution in [0, 0.1) is 5.82 Å². The number of anilines is 1. The Kier molecular flexibility index (Phi) is 5.53. The summed E-state index contributed by atoms with van der Waals surface area (Å²) in [6.45, 7) is -0.0201. The summed E-state index contributed by atoms with van der Waals surface area (Å²) in [5.41, 5.74) is 5.48. The number of carbonyl (C=O) groups is 2. The monoisotopic (exact) mass is 408 g/mol. The summed E-state index contributed by atoms with van der Waals surface area (Å²) < 4.78 is 50.9. The van der Waals surface area contributed by atoms with Crippen LogP contribution in [-0.2, 0) is 22.3 Å². The normalized spacial score (nSPS) is 16.5. The van der Waals surface area contributed by atoms with Gasteiger partial charge in [-0.2, -0.15) is 18.3 Å². The molecule has 0 aliphatic carbocycles. The van der Waals surface area contributed by atoms with Gasteiger partial charge in [-0.25, -0.2) is 4.39 Å². The molecule has 2 aromatic carbocycles. The number of benzene rings is 2. The van der Waals surface area contributed by atoms with E-state index in [9.17, 15) is 27.2 Å². The number of nitrogens with two attached hydrogens (primary N) is 1. The van der Waals surface area contributed by atoms with Crippen LogP contribution in [0.5, 0.6) is 0 Å². The molecule has 10 heteroatoms. The van der Waals surface area contributed by atoms with E-state index in [-0.39, 0.29) is 18.7 Å². The highest BCUT2D eigenvalue weighted by Crippen LogP contribution is 2.29. The van der Waals surface area contributed by atoms with E-state index in [1.165, 1.54) is 41.4 Å². The van der Waals surface area contributed by atoms with Gasteiger partial charge in [0.25, 0.3) is 5.91 Å². The van der Waals surface area contributed by atoms with E-state index in [1.54, 1.807) is 0 Å². The molecule has 1 unspecified atom stereocenters. The van der Waals surface area contributed by atoms with Crippen LogP contribution in [0.1, 0.15) is 17.5 Å². The molecule has 2 amide bonds. The number of alkyl halides is 3. The maximum absolute atomic E-state index is 13.1. The van der Waals surface area contributed by atoms with Crippen LogP contribution in [0.15, 0.2) is 53.6 Å². The zero-order valence-electron chi connectivity index (χ0n) is 14.9. The van der Waals surface area contributed by atoms with Gasteiger partial charge in [0.05, 0.1) is 11.3 Å². The average Bonchev–Trinajstić information content (AvgIpc) is 3.12. The largest absolute Gasteiger partial charge is 0.416 e. The van der Waals surface area contributed by atoms with Crippen LogP contribution in [0.4, 0.5) is 23.2 Å². The van der Waals surface area contributed by atoms with Gasteiger partial charge in [0.15, 0.2) is 0 Å².